The van der Waals surface area contributed by atoms with Crippen LogP contribution in [-0.4, -0.2) is 101 Å². The number of anilines is 2. The largest absolute Gasteiger partial charge is 0.367 e. The fraction of sp³-hybridized carbons (Fsp3) is 0.333. The third kappa shape index (κ3) is 9.64. The Morgan fingerprint density at radius 1 is 0.705 bits per heavy atom. The van der Waals surface area contributed by atoms with Crippen molar-refractivity contribution in [2.45, 2.75) is 45.4 Å². The number of nitrogens with zero attached hydrogens (tertiary/aromatic N) is 8. The Bertz CT molecular complexity index is 2600. The van der Waals surface area contributed by atoms with E-state index in [-0.39, 0.29) is 35.3 Å². The van der Waals surface area contributed by atoms with Gasteiger partial charge in [-0.05, 0) is 80.3 Å². The van der Waals surface area contributed by atoms with Gasteiger partial charge in [0, 0.05) is 97.9 Å². The molecule has 0 spiro atoms. The van der Waals surface area contributed by atoms with Gasteiger partial charge in [0.1, 0.15) is 11.3 Å². The molecule has 1 aromatic carbocycles. The number of likely N-dealkylation sites (tertiary alicyclic amines) is 2. The molecule has 2 saturated heterocycles. The zero-order valence-electron chi connectivity index (χ0n) is 34.0. The molecule has 61 heavy (non-hydrogen) atoms. The van der Waals surface area contributed by atoms with E-state index in [9.17, 15) is 18.4 Å². The van der Waals surface area contributed by atoms with E-state index in [1.54, 1.807) is 24.8 Å². The molecule has 2 atom stereocenters. The van der Waals surface area contributed by atoms with Crippen LogP contribution in [0.2, 0.25) is 0 Å². The molecular weight excluding hydrogens is 779 g/mol. The number of piperidine rings is 2. The minimum absolute atomic E-state index is 0.0405. The minimum Gasteiger partial charge on any atom is -0.367 e. The number of rotatable bonds is 11. The lowest BCUT2D eigenvalue weighted by Gasteiger charge is -2.33. The van der Waals surface area contributed by atoms with E-state index in [1.165, 1.54) is 12.4 Å². The van der Waals surface area contributed by atoms with Gasteiger partial charge in [-0.2, -0.15) is 0 Å². The van der Waals surface area contributed by atoms with Crippen molar-refractivity contribution in [3.63, 3.8) is 0 Å². The Hall–Kier alpha value is -6.84. The summed E-state index contributed by atoms with van der Waals surface area (Å²) in [4.78, 5) is 60.6. The van der Waals surface area contributed by atoms with Gasteiger partial charge in [0.2, 0.25) is 5.91 Å². The Morgan fingerprint density at radius 3 is 1.77 bits per heavy atom. The molecule has 8 heterocycles. The molecule has 2 fully saturated rings. The van der Waals surface area contributed by atoms with Crippen LogP contribution in [0.5, 0.6) is 0 Å². The lowest BCUT2D eigenvalue weighted by molar-refractivity contribution is -0.132. The second-order valence-corrected chi connectivity index (χ2v) is 15.5. The molecule has 2 aliphatic heterocycles. The van der Waals surface area contributed by atoms with E-state index in [1.807, 2.05) is 71.3 Å². The van der Waals surface area contributed by atoms with E-state index in [0.29, 0.717) is 49.8 Å². The SMILES string of the molecule is CCCC(=O)N1CCCC(CNc2nc(-c3c[nH]c4ncccc34)ncc2F)C1.O=C(c1ccccc1)N1CCCC(CNc2nc(-c3c[nH]c4ncccc34)ncc2F)C1. The summed E-state index contributed by atoms with van der Waals surface area (Å²) >= 11 is 0. The molecule has 9 rings (SSSR count). The van der Waals surface area contributed by atoms with Crippen LogP contribution in [0.4, 0.5) is 20.4 Å². The average Bonchev–Trinajstić information content (AvgIpc) is 3.94. The van der Waals surface area contributed by atoms with E-state index < -0.39 is 11.6 Å². The van der Waals surface area contributed by atoms with Crippen LogP contribution < -0.4 is 10.6 Å². The zero-order valence-corrected chi connectivity index (χ0v) is 34.0. The van der Waals surface area contributed by atoms with Crippen LogP contribution in [0.25, 0.3) is 44.8 Å². The highest BCUT2D eigenvalue weighted by Gasteiger charge is 2.26. The van der Waals surface area contributed by atoms with Crippen molar-refractivity contribution in [2.75, 3.05) is 49.9 Å². The Balaban J connectivity index is 0.000000169. The number of hydrogen-bond donors (Lipinski definition) is 4. The summed E-state index contributed by atoms with van der Waals surface area (Å²) in [5.74, 6) is 0.978. The molecule has 14 nitrogen and oxygen atoms in total. The van der Waals surface area contributed by atoms with Crippen LogP contribution in [0.1, 0.15) is 55.8 Å². The first-order chi connectivity index (χ1) is 29.8. The fourth-order valence-electron chi connectivity index (χ4n) is 8.02. The number of carbonyl (C=O) groups excluding carboxylic acids is 2. The molecule has 2 unspecified atom stereocenters. The minimum atomic E-state index is -0.500. The maximum atomic E-state index is 14.4. The summed E-state index contributed by atoms with van der Waals surface area (Å²) in [6.45, 7) is 6.01. The molecule has 7 aromatic rings. The first-order valence-corrected chi connectivity index (χ1v) is 20.8. The highest BCUT2D eigenvalue weighted by Crippen LogP contribution is 2.28. The molecule has 2 amide bonds. The third-order valence-electron chi connectivity index (χ3n) is 11.2. The van der Waals surface area contributed by atoms with Crippen molar-refractivity contribution >= 4 is 45.5 Å². The summed E-state index contributed by atoms with van der Waals surface area (Å²) in [6.07, 6.45) is 14.7. The molecule has 0 saturated carbocycles. The van der Waals surface area contributed by atoms with E-state index in [2.05, 4.69) is 50.5 Å². The first-order valence-electron chi connectivity index (χ1n) is 20.8. The van der Waals surface area contributed by atoms with Crippen LogP contribution in [0, 0.1) is 23.5 Å². The van der Waals surface area contributed by atoms with Gasteiger partial charge in [0.15, 0.2) is 34.9 Å². The second kappa shape index (κ2) is 19.0. The predicted molar refractivity (Wildman–Crippen MR) is 230 cm³/mol. The van der Waals surface area contributed by atoms with Crippen LogP contribution in [0.3, 0.4) is 0 Å². The Labute approximate surface area is 351 Å². The van der Waals surface area contributed by atoms with E-state index in [0.717, 1.165) is 78.4 Å². The number of amides is 2. The molecule has 16 heteroatoms. The lowest BCUT2D eigenvalue weighted by atomic mass is 9.97. The number of aromatic amines is 2. The summed E-state index contributed by atoms with van der Waals surface area (Å²) in [5.41, 5.74) is 3.72. The number of aromatic nitrogens is 8. The number of benzene rings is 1. The zero-order chi connectivity index (χ0) is 42.1. The monoisotopic (exact) mass is 826 g/mol. The van der Waals surface area contributed by atoms with Gasteiger partial charge in [-0.15, -0.1) is 0 Å². The number of halogens is 2. The van der Waals surface area contributed by atoms with E-state index >= 15 is 0 Å². The summed E-state index contributed by atoms with van der Waals surface area (Å²) in [6, 6.07) is 16.9. The summed E-state index contributed by atoms with van der Waals surface area (Å²) in [5, 5.41) is 8.05. The molecule has 0 aliphatic carbocycles. The van der Waals surface area contributed by atoms with Crippen molar-refractivity contribution < 1.29 is 18.4 Å². The quantitative estimate of drug-likeness (QED) is 0.101. The number of pyridine rings is 2. The van der Waals surface area contributed by atoms with Gasteiger partial charge in [-0.25, -0.2) is 38.7 Å². The highest BCUT2D eigenvalue weighted by atomic mass is 19.1. The Kier molecular flexibility index (Phi) is 12.8. The number of fused-ring (bicyclic) bond motifs is 2. The number of hydrogen-bond acceptors (Lipinski definition) is 10. The van der Waals surface area contributed by atoms with Crippen LogP contribution in [0.15, 0.2) is 91.8 Å². The van der Waals surface area contributed by atoms with Gasteiger partial charge in [0.05, 0.1) is 12.4 Å². The standard InChI is InChI=1S/C24H23FN6O.C21H25FN6O/c25-20-14-29-22(19-13-28-21-18(19)9-4-10-26-21)30-23(20)27-12-16-6-5-11-31(15-16)24(32)17-7-2-1-3-8-17;1-2-5-18(29)28-9-4-6-14(13-28)10-24-21-17(22)12-26-20(27-21)16-11-25-19-15(16)7-3-8-23-19/h1-4,7-10,13-14,16H,5-6,11-12,15H2,(H,26,28)(H,27,29,30);3,7-8,11-12,14H,2,4-6,9-10,13H2,1H3,(H,23,25)(H,24,26,27). The molecule has 6 aromatic heterocycles. The summed E-state index contributed by atoms with van der Waals surface area (Å²) in [7, 11) is 0. The van der Waals surface area contributed by atoms with Crippen molar-refractivity contribution in [3.8, 4) is 22.8 Å². The molecule has 4 N–H and O–H groups in total. The fourth-order valence-corrected chi connectivity index (χ4v) is 8.02. The second-order valence-electron chi connectivity index (χ2n) is 15.5. The van der Waals surface area contributed by atoms with Crippen molar-refractivity contribution in [1.29, 1.82) is 0 Å². The average molecular weight is 827 g/mol. The molecular formula is C45H48F2N12O2. The van der Waals surface area contributed by atoms with Crippen LogP contribution >= 0.6 is 0 Å². The lowest BCUT2D eigenvalue weighted by Crippen LogP contribution is -2.41. The van der Waals surface area contributed by atoms with E-state index in [4.69, 9.17) is 0 Å². The molecule has 2 aliphatic rings. The van der Waals surface area contributed by atoms with Crippen molar-refractivity contribution in [2.24, 2.45) is 11.8 Å². The van der Waals surface area contributed by atoms with Crippen LogP contribution in [-0.2, 0) is 4.79 Å². The molecule has 0 bridgehead atoms. The maximum absolute atomic E-state index is 14.4. The first kappa shape index (κ1) is 40.9. The molecule has 0 radical (unpaired) electrons. The van der Waals surface area contributed by atoms with Gasteiger partial charge >= 0.3 is 0 Å². The number of H-pyrrole nitrogens is 2. The Morgan fingerprint density at radius 2 is 1.23 bits per heavy atom. The van der Waals surface area contributed by atoms with Gasteiger partial charge in [-0.1, -0.05) is 25.1 Å². The van der Waals surface area contributed by atoms with Gasteiger partial charge < -0.3 is 30.4 Å². The normalized spacial score (nSPS) is 16.6. The van der Waals surface area contributed by atoms with Gasteiger partial charge in [-0.3, -0.25) is 9.59 Å². The maximum Gasteiger partial charge on any atom is 0.253 e. The third-order valence-corrected chi connectivity index (χ3v) is 11.2. The van der Waals surface area contributed by atoms with Crippen molar-refractivity contribution in [1.82, 2.24) is 49.7 Å². The van der Waals surface area contributed by atoms with Crippen molar-refractivity contribution in [3.05, 3.63) is 109 Å². The molecule has 314 valence electrons. The predicted octanol–water partition coefficient (Wildman–Crippen LogP) is 7.73. The highest BCUT2D eigenvalue weighted by molar-refractivity contribution is 5.94. The summed E-state index contributed by atoms with van der Waals surface area (Å²) < 4.78 is 28.7. The smallest absolute Gasteiger partial charge is 0.253 e. The number of nitrogens with one attached hydrogen (secondary N) is 4. The van der Waals surface area contributed by atoms with Gasteiger partial charge in [0.25, 0.3) is 5.91 Å². The topological polar surface area (TPSA) is 174 Å². The number of carbonyl (C=O) groups is 2.